The van der Waals surface area contributed by atoms with Crippen molar-refractivity contribution < 1.29 is 14.6 Å². The van der Waals surface area contributed by atoms with Gasteiger partial charge in [0, 0.05) is 23.5 Å². The second-order valence-corrected chi connectivity index (χ2v) is 6.01. The number of nitrogens with zero attached hydrogens (tertiary/aromatic N) is 1. The van der Waals surface area contributed by atoms with E-state index in [0.29, 0.717) is 6.61 Å². The molecule has 4 nitrogen and oxygen atoms in total. The second-order valence-electron chi connectivity index (χ2n) is 6.01. The number of carboxylic acid groups (broad SMARTS) is 1. The van der Waals surface area contributed by atoms with Crippen molar-refractivity contribution in [3.05, 3.63) is 72.6 Å². The molecule has 1 N–H and O–H groups in total. The van der Waals surface area contributed by atoms with Crippen molar-refractivity contribution in [3.8, 4) is 28.0 Å². The van der Waals surface area contributed by atoms with E-state index < -0.39 is 5.97 Å². The van der Waals surface area contributed by atoms with Crippen LogP contribution in [0.15, 0.2) is 67.0 Å². The summed E-state index contributed by atoms with van der Waals surface area (Å²) in [5.74, 6) is -0.157. The molecule has 0 radical (unpaired) electrons. The predicted octanol–water partition coefficient (Wildman–Crippen LogP) is 5.29. The summed E-state index contributed by atoms with van der Waals surface area (Å²) < 4.78 is 5.98. The Bertz CT molecular complexity index is 905. The van der Waals surface area contributed by atoms with Crippen molar-refractivity contribution in [2.24, 2.45) is 0 Å². The summed E-state index contributed by atoms with van der Waals surface area (Å²) in [6.45, 7) is 2.80. The summed E-state index contributed by atoms with van der Waals surface area (Å²) >= 11 is 0. The van der Waals surface area contributed by atoms with Crippen LogP contribution in [0.1, 0.15) is 30.1 Å². The zero-order chi connectivity index (χ0) is 18.4. The maximum Gasteiger partial charge on any atom is 0.337 e. The number of benzene rings is 2. The van der Waals surface area contributed by atoms with Gasteiger partial charge in [0.1, 0.15) is 5.75 Å². The van der Waals surface area contributed by atoms with Crippen LogP contribution >= 0.6 is 0 Å². The third-order valence-corrected chi connectivity index (χ3v) is 4.16. The number of para-hydroxylation sites is 1. The Morgan fingerprint density at radius 1 is 1.00 bits per heavy atom. The number of aromatic nitrogens is 1. The van der Waals surface area contributed by atoms with Gasteiger partial charge in [0.2, 0.25) is 0 Å². The average Bonchev–Trinajstić information content (AvgIpc) is 2.69. The van der Waals surface area contributed by atoms with Gasteiger partial charge in [-0.2, -0.15) is 0 Å². The van der Waals surface area contributed by atoms with Crippen LogP contribution in [-0.4, -0.2) is 22.7 Å². The van der Waals surface area contributed by atoms with E-state index in [4.69, 9.17) is 4.74 Å². The molecular weight excluding hydrogens is 326 g/mol. The van der Waals surface area contributed by atoms with Crippen LogP contribution in [-0.2, 0) is 0 Å². The molecule has 0 aliphatic heterocycles. The van der Waals surface area contributed by atoms with Gasteiger partial charge in [-0.1, -0.05) is 55.8 Å². The van der Waals surface area contributed by atoms with E-state index in [1.54, 1.807) is 12.3 Å². The van der Waals surface area contributed by atoms with E-state index in [9.17, 15) is 9.90 Å². The average molecular weight is 347 g/mol. The quantitative estimate of drug-likeness (QED) is 0.590. The van der Waals surface area contributed by atoms with E-state index in [0.717, 1.165) is 40.8 Å². The molecule has 0 amide bonds. The Hall–Kier alpha value is -3.14. The topological polar surface area (TPSA) is 59.4 Å². The van der Waals surface area contributed by atoms with Crippen LogP contribution in [0.2, 0.25) is 0 Å². The van der Waals surface area contributed by atoms with Gasteiger partial charge in [-0.3, -0.25) is 4.98 Å². The summed E-state index contributed by atoms with van der Waals surface area (Å²) in [5.41, 5.74) is 3.84. The number of hydrogen-bond donors (Lipinski definition) is 1. The molecule has 3 aromatic rings. The molecule has 132 valence electrons. The van der Waals surface area contributed by atoms with Crippen molar-refractivity contribution in [1.29, 1.82) is 0 Å². The Balaban J connectivity index is 2.06. The Kier molecular flexibility index (Phi) is 5.64. The fourth-order valence-corrected chi connectivity index (χ4v) is 2.82. The minimum Gasteiger partial charge on any atom is -0.493 e. The summed E-state index contributed by atoms with van der Waals surface area (Å²) in [7, 11) is 0. The molecule has 0 aliphatic rings. The standard InChI is InChI=1S/C22H21NO3/c1-2-3-12-26-21-11-7-6-10-20(21)19-9-5-4-8-18(19)16-13-17(22(24)25)15-23-14-16/h4-11,13-15H,2-3,12H2,1H3,(H,24,25). The first kappa shape index (κ1) is 17.7. The van der Waals surface area contributed by atoms with E-state index in [1.807, 2.05) is 48.5 Å². The van der Waals surface area contributed by atoms with E-state index in [-0.39, 0.29) is 5.56 Å². The number of pyridine rings is 1. The number of ether oxygens (including phenoxy) is 1. The fourth-order valence-electron chi connectivity index (χ4n) is 2.82. The lowest BCUT2D eigenvalue weighted by Gasteiger charge is -2.15. The van der Waals surface area contributed by atoms with Gasteiger partial charge in [0.15, 0.2) is 0 Å². The number of carbonyl (C=O) groups is 1. The normalized spacial score (nSPS) is 10.5. The molecule has 0 saturated carbocycles. The first-order valence-corrected chi connectivity index (χ1v) is 8.70. The molecule has 2 aromatic carbocycles. The molecule has 1 heterocycles. The lowest BCUT2D eigenvalue weighted by atomic mass is 9.94. The molecular formula is C22H21NO3. The molecule has 0 aliphatic carbocycles. The molecule has 0 spiro atoms. The first-order chi connectivity index (χ1) is 12.7. The highest BCUT2D eigenvalue weighted by Crippen LogP contribution is 2.37. The van der Waals surface area contributed by atoms with Crippen LogP contribution in [0.4, 0.5) is 0 Å². The van der Waals surface area contributed by atoms with Crippen molar-refractivity contribution in [3.63, 3.8) is 0 Å². The minimum atomic E-state index is -0.986. The monoisotopic (exact) mass is 347 g/mol. The van der Waals surface area contributed by atoms with Crippen LogP contribution in [0.3, 0.4) is 0 Å². The Morgan fingerprint density at radius 3 is 2.42 bits per heavy atom. The molecule has 0 saturated heterocycles. The highest BCUT2D eigenvalue weighted by atomic mass is 16.5. The lowest BCUT2D eigenvalue weighted by Crippen LogP contribution is -1.99. The number of hydrogen-bond acceptors (Lipinski definition) is 3. The summed E-state index contributed by atoms with van der Waals surface area (Å²) in [6, 6.07) is 17.5. The zero-order valence-corrected chi connectivity index (χ0v) is 14.7. The fraction of sp³-hybridized carbons (Fsp3) is 0.182. The van der Waals surface area contributed by atoms with Gasteiger partial charge < -0.3 is 9.84 Å². The van der Waals surface area contributed by atoms with Gasteiger partial charge >= 0.3 is 5.97 Å². The Morgan fingerprint density at radius 2 is 1.69 bits per heavy atom. The van der Waals surface area contributed by atoms with Crippen LogP contribution in [0.5, 0.6) is 5.75 Å². The smallest absolute Gasteiger partial charge is 0.337 e. The number of aromatic carboxylic acids is 1. The van der Waals surface area contributed by atoms with Crippen LogP contribution in [0, 0.1) is 0 Å². The lowest BCUT2D eigenvalue weighted by molar-refractivity contribution is 0.0696. The molecule has 0 atom stereocenters. The maximum atomic E-state index is 11.3. The molecule has 3 rings (SSSR count). The molecule has 0 unspecified atom stereocenters. The number of rotatable bonds is 7. The number of carboxylic acids is 1. The molecule has 0 bridgehead atoms. The van der Waals surface area contributed by atoms with Crippen LogP contribution < -0.4 is 4.74 Å². The number of unbranched alkanes of at least 4 members (excludes halogenated alkanes) is 1. The van der Waals surface area contributed by atoms with Crippen molar-refractivity contribution >= 4 is 5.97 Å². The van der Waals surface area contributed by atoms with E-state index >= 15 is 0 Å². The molecule has 26 heavy (non-hydrogen) atoms. The van der Waals surface area contributed by atoms with Crippen molar-refractivity contribution in [1.82, 2.24) is 4.98 Å². The summed E-state index contributed by atoms with van der Waals surface area (Å²) in [5, 5.41) is 9.25. The third-order valence-electron chi connectivity index (χ3n) is 4.16. The largest absolute Gasteiger partial charge is 0.493 e. The summed E-state index contributed by atoms with van der Waals surface area (Å²) in [4.78, 5) is 15.4. The predicted molar refractivity (Wildman–Crippen MR) is 102 cm³/mol. The van der Waals surface area contributed by atoms with Gasteiger partial charge in [0.05, 0.1) is 12.2 Å². The van der Waals surface area contributed by atoms with Gasteiger partial charge in [0.25, 0.3) is 0 Å². The summed E-state index contributed by atoms with van der Waals surface area (Å²) in [6.07, 6.45) is 5.12. The molecule has 0 fully saturated rings. The van der Waals surface area contributed by atoms with Crippen molar-refractivity contribution in [2.75, 3.05) is 6.61 Å². The second kappa shape index (κ2) is 8.30. The minimum absolute atomic E-state index is 0.171. The van der Waals surface area contributed by atoms with Gasteiger partial charge in [-0.25, -0.2) is 4.79 Å². The third kappa shape index (κ3) is 3.91. The molecule has 4 heteroatoms. The molecule has 1 aromatic heterocycles. The highest BCUT2D eigenvalue weighted by Gasteiger charge is 2.13. The van der Waals surface area contributed by atoms with Crippen LogP contribution in [0.25, 0.3) is 22.3 Å². The Labute approximate surface area is 153 Å². The maximum absolute atomic E-state index is 11.3. The van der Waals surface area contributed by atoms with Gasteiger partial charge in [-0.15, -0.1) is 0 Å². The van der Waals surface area contributed by atoms with E-state index in [1.165, 1.54) is 6.20 Å². The van der Waals surface area contributed by atoms with Gasteiger partial charge in [-0.05, 0) is 29.7 Å². The first-order valence-electron chi connectivity index (χ1n) is 8.70. The highest BCUT2D eigenvalue weighted by molar-refractivity contribution is 5.91. The van der Waals surface area contributed by atoms with Crippen molar-refractivity contribution in [2.45, 2.75) is 19.8 Å². The zero-order valence-electron chi connectivity index (χ0n) is 14.7. The van der Waals surface area contributed by atoms with E-state index in [2.05, 4.69) is 11.9 Å². The SMILES string of the molecule is CCCCOc1ccccc1-c1ccccc1-c1cncc(C(=O)O)c1.